The minimum Gasteiger partial charge on any atom is -0.492 e. The average Bonchev–Trinajstić information content (AvgIpc) is 2.48. The lowest BCUT2D eigenvalue weighted by atomic mass is 10.0. The van der Waals surface area contributed by atoms with Crippen molar-refractivity contribution in [2.45, 2.75) is 26.8 Å². The topological polar surface area (TPSA) is 21.3 Å². The van der Waals surface area contributed by atoms with E-state index >= 15 is 0 Å². The Balaban J connectivity index is 2.07. The lowest BCUT2D eigenvalue weighted by Crippen LogP contribution is -2.26. The van der Waals surface area contributed by atoms with Gasteiger partial charge in [-0.1, -0.05) is 36.7 Å². The van der Waals surface area contributed by atoms with E-state index in [4.69, 9.17) is 16.3 Å². The van der Waals surface area contributed by atoms with Gasteiger partial charge >= 0.3 is 0 Å². The monoisotopic (exact) mass is 303 g/mol. The molecule has 1 N–H and O–H groups in total. The van der Waals surface area contributed by atoms with Crippen molar-refractivity contribution >= 4 is 11.6 Å². The summed E-state index contributed by atoms with van der Waals surface area (Å²) in [4.78, 5) is 0. The lowest BCUT2D eigenvalue weighted by Gasteiger charge is -2.20. The van der Waals surface area contributed by atoms with Crippen molar-refractivity contribution in [2.24, 2.45) is 0 Å². The number of nitrogens with one attached hydrogen (secondary N) is 1. The van der Waals surface area contributed by atoms with Crippen LogP contribution in [0.25, 0.3) is 0 Å². The Morgan fingerprint density at radius 3 is 2.38 bits per heavy atom. The molecule has 0 bridgehead atoms. The van der Waals surface area contributed by atoms with E-state index in [1.807, 2.05) is 24.3 Å². The van der Waals surface area contributed by atoms with Gasteiger partial charge in [0.25, 0.3) is 0 Å². The van der Waals surface area contributed by atoms with Gasteiger partial charge in [-0.15, -0.1) is 0 Å². The predicted molar refractivity (Wildman–Crippen MR) is 89.3 cm³/mol. The molecule has 0 saturated carbocycles. The Hall–Kier alpha value is -1.51. The average molecular weight is 304 g/mol. The highest BCUT2D eigenvalue weighted by molar-refractivity contribution is 6.30. The zero-order chi connectivity index (χ0) is 15.2. The highest BCUT2D eigenvalue weighted by Gasteiger charge is 2.12. The number of likely N-dealkylation sites (N-methyl/N-ethyl adjacent to an activating group) is 1. The van der Waals surface area contributed by atoms with E-state index in [0.29, 0.717) is 6.61 Å². The molecule has 0 fully saturated rings. The van der Waals surface area contributed by atoms with Crippen molar-refractivity contribution in [2.75, 3.05) is 13.2 Å². The maximum atomic E-state index is 5.88. The number of hydrogen-bond acceptors (Lipinski definition) is 2. The normalized spacial score (nSPS) is 12.2. The molecule has 21 heavy (non-hydrogen) atoms. The summed E-state index contributed by atoms with van der Waals surface area (Å²) in [6.07, 6.45) is 0. The van der Waals surface area contributed by atoms with Crippen molar-refractivity contribution in [3.63, 3.8) is 0 Å². The molecule has 2 rings (SSSR count). The highest BCUT2D eigenvalue weighted by atomic mass is 35.5. The van der Waals surface area contributed by atoms with Crippen LogP contribution in [0.4, 0.5) is 0 Å². The summed E-state index contributed by atoms with van der Waals surface area (Å²) in [6, 6.07) is 14.2. The van der Waals surface area contributed by atoms with E-state index in [0.717, 1.165) is 17.3 Å². The fraction of sp³-hybridized carbons (Fsp3) is 0.333. The molecule has 1 atom stereocenters. The Kier molecular flexibility index (Phi) is 5.66. The first-order chi connectivity index (χ1) is 10.1. The van der Waals surface area contributed by atoms with Crippen molar-refractivity contribution in [1.29, 1.82) is 0 Å². The van der Waals surface area contributed by atoms with Gasteiger partial charge in [0, 0.05) is 5.02 Å². The van der Waals surface area contributed by atoms with Crippen LogP contribution in [0.15, 0.2) is 42.5 Å². The zero-order valence-corrected chi connectivity index (χ0v) is 13.6. The third-order valence-corrected chi connectivity index (χ3v) is 3.87. The second-order valence-corrected chi connectivity index (χ2v) is 5.66. The van der Waals surface area contributed by atoms with Gasteiger partial charge in [0.2, 0.25) is 0 Å². The summed E-state index contributed by atoms with van der Waals surface area (Å²) in [7, 11) is 0. The Morgan fingerprint density at radius 1 is 1.05 bits per heavy atom. The summed E-state index contributed by atoms with van der Waals surface area (Å²) in [5.41, 5.74) is 3.88. The van der Waals surface area contributed by atoms with Crippen LogP contribution in [0.3, 0.4) is 0 Å². The van der Waals surface area contributed by atoms with Crippen LogP contribution in [0.1, 0.15) is 29.7 Å². The molecular weight excluding hydrogens is 282 g/mol. The first kappa shape index (κ1) is 15.9. The van der Waals surface area contributed by atoms with Gasteiger partial charge in [-0.2, -0.15) is 0 Å². The molecule has 0 saturated heterocycles. The van der Waals surface area contributed by atoms with Crippen LogP contribution in [-0.2, 0) is 0 Å². The molecule has 0 aromatic heterocycles. The molecule has 2 aromatic rings. The summed E-state index contributed by atoms with van der Waals surface area (Å²) in [5, 5.41) is 4.20. The molecular formula is C18H22ClNO. The first-order valence-electron chi connectivity index (χ1n) is 7.29. The number of hydrogen-bond donors (Lipinski definition) is 1. The van der Waals surface area contributed by atoms with Crippen LogP contribution >= 0.6 is 11.6 Å². The molecule has 0 aliphatic rings. The summed E-state index contributed by atoms with van der Waals surface area (Å²) < 4.78 is 5.88. The number of halogens is 1. The van der Waals surface area contributed by atoms with Gasteiger partial charge < -0.3 is 10.1 Å². The van der Waals surface area contributed by atoms with Crippen molar-refractivity contribution in [3.05, 3.63) is 64.2 Å². The van der Waals surface area contributed by atoms with Crippen LogP contribution in [0, 0.1) is 13.8 Å². The fourth-order valence-electron chi connectivity index (χ4n) is 2.21. The third-order valence-electron chi connectivity index (χ3n) is 3.61. The highest BCUT2D eigenvalue weighted by Crippen LogP contribution is 2.20. The number of ether oxygens (including phenoxy) is 1. The molecule has 0 aliphatic heterocycles. The molecule has 0 aliphatic carbocycles. The van der Waals surface area contributed by atoms with Crippen molar-refractivity contribution < 1.29 is 4.74 Å². The van der Waals surface area contributed by atoms with Crippen LogP contribution in [0.5, 0.6) is 5.75 Å². The van der Waals surface area contributed by atoms with Crippen LogP contribution in [-0.4, -0.2) is 13.2 Å². The summed E-state index contributed by atoms with van der Waals surface area (Å²) in [6.45, 7) is 7.88. The number of rotatable bonds is 6. The maximum Gasteiger partial charge on any atom is 0.119 e. The Labute approximate surface area is 132 Å². The Morgan fingerprint density at radius 2 is 1.76 bits per heavy atom. The molecule has 0 amide bonds. The van der Waals surface area contributed by atoms with Gasteiger partial charge in [-0.25, -0.2) is 0 Å². The van der Waals surface area contributed by atoms with Crippen LogP contribution < -0.4 is 10.1 Å². The van der Waals surface area contributed by atoms with Gasteiger partial charge in [-0.05, 0) is 61.3 Å². The van der Waals surface area contributed by atoms with Crippen molar-refractivity contribution in [3.8, 4) is 5.75 Å². The molecule has 0 spiro atoms. The zero-order valence-electron chi connectivity index (χ0n) is 12.8. The van der Waals surface area contributed by atoms with Crippen molar-refractivity contribution in [1.82, 2.24) is 5.32 Å². The summed E-state index contributed by atoms with van der Waals surface area (Å²) in [5.74, 6) is 0.839. The summed E-state index contributed by atoms with van der Waals surface area (Å²) >= 11 is 5.88. The predicted octanol–water partition coefficient (Wildman–Crippen LogP) is 4.69. The van der Waals surface area contributed by atoms with E-state index in [1.54, 1.807) is 0 Å². The van der Waals surface area contributed by atoms with E-state index in [9.17, 15) is 0 Å². The fourth-order valence-corrected chi connectivity index (χ4v) is 2.34. The molecule has 0 heterocycles. The number of benzene rings is 2. The molecule has 2 aromatic carbocycles. The maximum absolute atomic E-state index is 5.88. The van der Waals surface area contributed by atoms with E-state index in [2.05, 4.69) is 44.3 Å². The van der Waals surface area contributed by atoms with E-state index in [-0.39, 0.29) is 6.04 Å². The van der Waals surface area contributed by atoms with Gasteiger partial charge in [-0.3, -0.25) is 0 Å². The molecule has 112 valence electrons. The quantitative estimate of drug-likeness (QED) is 0.836. The molecule has 2 nitrogen and oxygen atoms in total. The van der Waals surface area contributed by atoms with E-state index in [1.165, 1.54) is 16.7 Å². The van der Waals surface area contributed by atoms with E-state index < -0.39 is 0 Å². The largest absolute Gasteiger partial charge is 0.492 e. The second kappa shape index (κ2) is 7.48. The molecule has 0 radical (unpaired) electrons. The SMILES string of the molecule is CCNC(COc1ccc(Cl)cc1)c1ccc(C)c(C)c1. The second-order valence-electron chi connectivity index (χ2n) is 5.22. The molecule has 3 heteroatoms. The number of aryl methyl sites for hydroxylation is 2. The van der Waals surface area contributed by atoms with Gasteiger partial charge in [0.15, 0.2) is 0 Å². The minimum absolute atomic E-state index is 0.185. The van der Waals surface area contributed by atoms with Gasteiger partial charge in [0.05, 0.1) is 6.04 Å². The van der Waals surface area contributed by atoms with Gasteiger partial charge in [0.1, 0.15) is 12.4 Å². The lowest BCUT2D eigenvalue weighted by molar-refractivity contribution is 0.268. The third kappa shape index (κ3) is 4.48. The van der Waals surface area contributed by atoms with Crippen LogP contribution in [0.2, 0.25) is 5.02 Å². The minimum atomic E-state index is 0.185. The standard InChI is InChI=1S/C18H22ClNO/c1-4-20-18(15-6-5-13(2)14(3)11-15)12-21-17-9-7-16(19)8-10-17/h5-11,18,20H,4,12H2,1-3H3. The molecule has 1 unspecified atom stereocenters. The first-order valence-corrected chi connectivity index (χ1v) is 7.67. The Bertz CT molecular complexity index is 580. The smallest absolute Gasteiger partial charge is 0.119 e.